The predicted molar refractivity (Wildman–Crippen MR) is 77.1 cm³/mol. The standard InChI is InChI=1S/C14H17NO4S/c1-4-18-13(16)9(3)15-10-6-7-20-12(10)8-11(15)14(17)19-5-2/h6-9H,4-5H2,1-3H3. The molecule has 6 heteroatoms. The molecule has 1 atom stereocenters. The van der Waals surface area contributed by atoms with Crippen molar-refractivity contribution in [3.05, 3.63) is 23.2 Å². The summed E-state index contributed by atoms with van der Waals surface area (Å²) < 4.78 is 12.7. The van der Waals surface area contributed by atoms with Gasteiger partial charge in [0, 0.05) is 0 Å². The zero-order chi connectivity index (χ0) is 14.7. The van der Waals surface area contributed by atoms with Crippen molar-refractivity contribution in [1.29, 1.82) is 0 Å². The Hall–Kier alpha value is -1.82. The summed E-state index contributed by atoms with van der Waals surface area (Å²) in [6.07, 6.45) is 0. The summed E-state index contributed by atoms with van der Waals surface area (Å²) in [6.45, 7) is 5.84. The molecule has 0 aromatic carbocycles. The van der Waals surface area contributed by atoms with Crippen molar-refractivity contribution in [2.75, 3.05) is 13.2 Å². The number of esters is 2. The highest BCUT2D eigenvalue weighted by Gasteiger charge is 2.25. The molecule has 0 saturated carbocycles. The molecule has 2 aromatic heterocycles. The van der Waals surface area contributed by atoms with Gasteiger partial charge in [0.2, 0.25) is 0 Å². The lowest BCUT2D eigenvalue weighted by Crippen LogP contribution is -2.23. The Labute approximate surface area is 121 Å². The van der Waals surface area contributed by atoms with Gasteiger partial charge in [-0.25, -0.2) is 9.59 Å². The quantitative estimate of drug-likeness (QED) is 0.796. The molecule has 0 aliphatic heterocycles. The average molecular weight is 295 g/mol. The summed E-state index contributed by atoms with van der Waals surface area (Å²) in [5.41, 5.74) is 1.23. The Balaban J connectivity index is 2.47. The van der Waals surface area contributed by atoms with E-state index in [2.05, 4.69) is 0 Å². The van der Waals surface area contributed by atoms with Crippen molar-refractivity contribution in [3.63, 3.8) is 0 Å². The Morgan fingerprint density at radius 1 is 1.30 bits per heavy atom. The molecule has 2 rings (SSSR count). The number of thiophene rings is 1. The third-order valence-corrected chi connectivity index (χ3v) is 3.81. The Morgan fingerprint density at radius 3 is 2.65 bits per heavy atom. The fraction of sp³-hybridized carbons (Fsp3) is 0.429. The van der Waals surface area contributed by atoms with Gasteiger partial charge in [0.15, 0.2) is 0 Å². The largest absolute Gasteiger partial charge is 0.464 e. The van der Waals surface area contributed by atoms with E-state index < -0.39 is 12.0 Å². The van der Waals surface area contributed by atoms with Gasteiger partial charge >= 0.3 is 11.9 Å². The number of hydrogen-bond acceptors (Lipinski definition) is 5. The molecule has 0 fully saturated rings. The molecule has 20 heavy (non-hydrogen) atoms. The molecule has 0 bridgehead atoms. The first-order chi connectivity index (χ1) is 9.60. The van der Waals surface area contributed by atoms with Crippen LogP contribution in [0.3, 0.4) is 0 Å². The van der Waals surface area contributed by atoms with Crippen LogP contribution in [0.1, 0.15) is 37.3 Å². The summed E-state index contributed by atoms with van der Waals surface area (Å²) in [7, 11) is 0. The molecule has 0 aliphatic carbocycles. The minimum Gasteiger partial charge on any atom is -0.464 e. The van der Waals surface area contributed by atoms with Gasteiger partial charge < -0.3 is 14.0 Å². The van der Waals surface area contributed by atoms with Crippen LogP contribution in [0.2, 0.25) is 0 Å². The summed E-state index contributed by atoms with van der Waals surface area (Å²) in [4.78, 5) is 24.0. The fourth-order valence-electron chi connectivity index (χ4n) is 2.09. The maximum absolute atomic E-state index is 12.0. The molecule has 2 heterocycles. The van der Waals surface area contributed by atoms with Gasteiger partial charge in [-0.05, 0) is 38.3 Å². The molecular weight excluding hydrogens is 278 g/mol. The zero-order valence-corrected chi connectivity index (χ0v) is 12.5. The van der Waals surface area contributed by atoms with Gasteiger partial charge in [-0.3, -0.25) is 0 Å². The summed E-state index contributed by atoms with van der Waals surface area (Å²) in [6, 6.07) is 3.08. The van der Waals surface area contributed by atoms with E-state index in [-0.39, 0.29) is 5.97 Å². The SMILES string of the molecule is CCOC(=O)c1cc2sccc2n1C(C)C(=O)OCC. The van der Waals surface area contributed by atoms with E-state index in [0.29, 0.717) is 18.9 Å². The van der Waals surface area contributed by atoms with E-state index in [1.807, 2.05) is 11.4 Å². The van der Waals surface area contributed by atoms with Crippen LogP contribution in [0.25, 0.3) is 10.2 Å². The number of fused-ring (bicyclic) bond motifs is 1. The third-order valence-electron chi connectivity index (χ3n) is 2.96. The summed E-state index contributed by atoms with van der Waals surface area (Å²) >= 11 is 1.52. The highest BCUT2D eigenvalue weighted by atomic mass is 32.1. The second-order valence-corrected chi connectivity index (χ2v) is 5.17. The third kappa shape index (κ3) is 2.56. The lowest BCUT2D eigenvalue weighted by molar-refractivity contribution is -0.146. The summed E-state index contributed by atoms with van der Waals surface area (Å²) in [5, 5.41) is 1.92. The van der Waals surface area contributed by atoms with Crippen LogP contribution in [0.15, 0.2) is 17.5 Å². The molecule has 0 amide bonds. The van der Waals surface area contributed by atoms with Gasteiger partial charge in [-0.2, -0.15) is 0 Å². The van der Waals surface area contributed by atoms with Crippen molar-refractivity contribution >= 4 is 33.5 Å². The number of carbonyl (C=O) groups excluding carboxylic acids is 2. The monoisotopic (exact) mass is 295 g/mol. The lowest BCUT2D eigenvalue weighted by atomic mass is 10.3. The number of carbonyl (C=O) groups is 2. The van der Waals surface area contributed by atoms with Crippen LogP contribution in [0.5, 0.6) is 0 Å². The van der Waals surface area contributed by atoms with Crippen molar-refractivity contribution in [2.45, 2.75) is 26.8 Å². The summed E-state index contributed by atoms with van der Waals surface area (Å²) in [5.74, 6) is -0.784. The van der Waals surface area contributed by atoms with Gasteiger partial charge in [0.1, 0.15) is 11.7 Å². The van der Waals surface area contributed by atoms with Crippen LogP contribution in [-0.4, -0.2) is 29.7 Å². The molecule has 0 N–H and O–H groups in total. The van der Waals surface area contributed by atoms with E-state index in [9.17, 15) is 9.59 Å². The maximum atomic E-state index is 12.0. The van der Waals surface area contributed by atoms with E-state index in [0.717, 1.165) is 10.2 Å². The molecule has 1 unspecified atom stereocenters. The van der Waals surface area contributed by atoms with Gasteiger partial charge in [0.25, 0.3) is 0 Å². The number of aromatic nitrogens is 1. The van der Waals surface area contributed by atoms with Crippen molar-refractivity contribution < 1.29 is 19.1 Å². The first-order valence-electron chi connectivity index (χ1n) is 6.52. The smallest absolute Gasteiger partial charge is 0.355 e. The number of ether oxygens (including phenoxy) is 2. The maximum Gasteiger partial charge on any atom is 0.355 e. The van der Waals surface area contributed by atoms with Crippen LogP contribution >= 0.6 is 11.3 Å². The van der Waals surface area contributed by atoms with Crippen molar-refractivity contribution in [1.82, 2.24) is 4.57 Å². The van der Waals surface area contributed by atoms with Gasteiger partial charge in [0.05, 0.1) is 23.4 Å². The lowest BCUT2D eigenvalue weighted by Gasteiger charge is -2.16. The number of rotatable bonds is 5. The van der Waals surface area contributed by atoms with E-state index in [1.54, 1.807) is 31.4 Å². The van der Waals surface area contributed by atoms with E-state index >= 15 is 0 Å². The van der Waals surface area contributed by atoms with Gasteiger partial charge in [-0.1, -0.05) is 0 Å². The molecule has 5 nitrogen and oxygen atoms in total. The predicted octanol–water partition coefficient (Wildman–Crippen LogP) is 3.00. The molecule has 0 aliphatic rings. The molecular formula is C14H17NO4S. The second kappa shape index (κ2) is 6.09. The van der Waals surface area contributed by atoms with Crippen molar-refractivity contribution in [2.24, 2.45) is 0 Å². The highest BCUT2D eigenvalue weighted by molar-refractivity contribution is 7.17. The Bertz CT molecular complexity index is 628. The Morgan fingerprint density at radius 2 is 2.00 bits per heavy atom. The van der Waals surface area contributed by atoms with Crippen LogP contribution in [-0.2, 0) is 14.3 Å². The minimum atomic E-state index is -0.568. The van der Waals surface area contributed by atoms with E-state index in [4.69, 9.17) is 9.47 Å². The number of nitrogens with zero attached hydrogens (tertiary/aromatic N) is 1. The number of hydrogen-bond donors (Lipinski definition) is 0. The average Bonchev–Trinajstić information content (AvgIpc) is 2.98. The molecule has 108 valence electrons. The normalized spacial score (nSPS) is 12.3. The zero-order valence-electron chi connectivity index (χ0n) is 11.7. The molecule has 0 radical (unpaired) electrons. The molecule has 0 spiro atoms. The van der Waals surface area contributed by atoms with Crippen LogP contribution in [0.4, 0.5) is 0 Å². The molecule has 0 saturated heterocycles. The minimum absolute atomic E-state index is 0.297. The highest BCUT2D eigenvalue weighted by Crippen LogP contribution is 2.29. The van der Waals surface area contributed by atoms with E-state index in [1.165, 1.54) is 11.3 Å². The first kappa shape index (κ1) is 14.6. The topological polar surface area (TPSA) is 57.5 Å². The van der Waals surface area contributed by atoms with Crippen molar-refractivity contribution in [3.8, 4) is 0 Å². The fourth-order valence-corrected chi connectivity index (χ4v) is 2.90. The molecule has 2 aromatic rings. The van der Waals surface area contributed by atoms with Gasteiger partial charge in [-0.15, -0.1) is 11.3 Å². The van der Waals surface area contributed by atoms with Crippen LogP contribution < -0.4 is 0 Å². The second-order valence-electron chi connectivity index (χ2n) is 4.22. The van der Waals surface area contributed by atoms with Crippen LogP contribution in [0, 0.1) is 0 Å². The first-order valence-corrected chi connectivity index (χ1v) is 7.40. The Kier molecular flexibility index (Phi) is 4.44.